The summed E-state index contributed by atoms with van der Waals surface area (Å²) in [5.41, 5.74) is 3.40. The highest BCUT2D eigenvalue weighted by molar-refractivity contribution is 6.32. The Morgan fingerprint density at radius 1 is 1.12 bits per heavy atom. The van der Waals surface area contributed by atoms with Gasteiger partial charge in [-0.25, -0.2) is 0 Å². The molecular formula is C20H18ClN3O. The number of hydrogen-bond acceptors (Lipinski definition) is 3. The lowest BCUT2D eigenvalue weighted by Crippen LogP contribution is -2.22. The van der Waals surface area contributed by atoms with E-state index in [9.17, 15) is 5.11 Å². The van der Waals surface area contributed by atoms with E-state index < -0.39 is 0 Å². The van der Waals surface area contributed by atoms with Gasteiger partial charge in [0.05, 0.1) is 21.8 Å². The van der Waals surface area contributed by atoms with E-state index in [-0.39, 0.29) is 16.3 Å². The molecule has 3 aromatic rings. The molecule has 0 radical (unpaired) electrons. The third kappa shape index (κ3) is 3.38. The molecule has 0 saturated heterocycles. The van der Waals surface area contributed by atoms with Gasteiger partial charge >= 0.3 is 0 Å². The van der Waals surface area contributed by atoms with E-state index >= 15 is 0 Å². The van der Waals surface area contributed by atoms with E-state index in [0.717, 1.165) is 16.8 Å². The van der Waals surface area contributed by atoms with Gasteiger partial charge < -0.3 is 5.11 Å². The number of phenols is 1. The second-order valence-corrected chi connectivity index (χ2v) is 7.27. The second-order valence-electron chi connectivity index (χ2n) is 6.86. The van der Waals surface area contributed by atoms with Gasteiger partial charge in [0, 0.05) is 23.4 Å². The normalized spacial score (nSPS) is 11.3. The molecule has 0 spiro atoms. The van der Waals surface area contributed by atoms with Crippen LogP contribution in [0.5, 0.6) is 5.75 Å². The van der Waals surface area contributed by atoms with Gasteiger partial charge in [-0.1, -0.05) is 29.8 Å². The summed E-state index contributed by atoms with van der Waals surface area (Å²) in [4.78, 5) is 0. The van der Waals surface area contributed by atoms with E-state index in [0.29, 0.717) is 11.1 Å². The third-order valence-electron chi connectivity index (χ3n) is 3.95. The smallest absolute Gasteiger partial charge is 0.124 e. The molecule has 2 aromatic carbocycles. The Balaban J connectivity index is 2.06. The first kappa shape index (κ1) is 17.1. The zero-order valence-electron chi connectivity index (χ0n) is 14.3. The van der Waals surface area contributed by atoms with Gasteiger partial charge in [-0.05, 0) is 44.5 Å². The summed E-state index contributed by atoms with van der Waals surface area (Å²) < 4.78 is 1.92. The maximum absolute atomic E-state index is 10.2. The van der Waals surface area contributed by atoms with Crippen LogP contribution in [0.1, 0.15) is 26.3 Å². The molecule has 0 fully saturated rings. The number of nitrogens with zero attached hydrogens (tertiary/aromatic N) is 3. The number of phenolic OH excluding ortho intramolecular Hbond substituents is 1. The molecule has 0 aliphatic heterocycles. The van der Waals surface area contributed by atoms with Gasteiger partial charge in [-0.3, -0.25) is 4.68 Å². The molecule has 0 unspecified atom stereocenters. The van der Waals surface area contributed by atoms with E-state index in [2.05, 4.69) is 25.9 Å². The standard InChI is InChI=1S/C20H18ClN3O/c1-20(2,3)24-8-7-18(23-24)14-6-4-5-13(9-14)16-10-15(12-22)17(21)11-19(16)25/h4-11,25H,1-3H3. The summed E-state index contributed by atoms with van der Waals surface area (Å²) in [6.07, 6.45) is 1.95. The lowest BCUT2D eigenvalue weighted by atomic mass is 9.99. The van der Waals surface area contributed by atoms with Crippen LogP contribution in [0.15, 0.2) is 48.7 Å². The first-order chi connectivity index (χ1) is 11.8. The van der Waals surface area contributed by atoms with Gasteiger partial charge in [0.2, 0.25) is 0 Å². The Kier molecular flexibility index (Phi) is 4.28. The average Bonchev–Trinajstić information content (AvgIpc) is 3.05. The predicted molar refractivity (Wildman–Crippen MR) is 99.5 cm³/mol. The maximum atomic E-state index is 10.2. The van der Waals surface area contributed by atoms with Crippen molar-refractivity contribution in [3.8, 4) is 34.2 Å². The van der Waals surface area contributed by atoms with E-state index in [1.165, 1.54) is 6.07 Å². The number of halogens is 1. The van der Waals surface area contributed by atoms with E-state index in [1.54, 1.807) is 6.07 Å². The molecule has 0 aliphatic carbocycles. The number of hydrogen-bond donors (Lipinski definition) is 1. The quantitative estimate of drug-likeness (QED) is 0.690. The minimum Gasteiger partial charge on any atom is -0.507 e. The minimum atomic E-state index is -0.0913. The van der Waals surface area contributed by atoms with Crippen molar-refractivity contribution in [2.45, 2.75) is 26.3 Å². The fourth-order valence-electron chi connectivity index (χ4n) is 2.58. The first-order valence-corrected chi connectivity index (χ1v) is 8.27. The molecule has 0 bridgehead atoms. The summed E-state index contributed by atoms with van der Waals surface area (Å²) in [7, 11) is 0. The second kappa shape index (κ2) is 6.27. The lowest BCUT2D eigenvalue weighted by Gasteiger charge is -2.18. The number of benzene rings is 2. The molecule has 0 atom stereocenters. The Morgan fingerprint density at radius 3 is 2.48 bits per heavy atom. The molecule has 3 rings (SSSR count). The molecule has 1 heterocycles. The van der Waals surface area contributed by atoms with Gasteiger partial charge in [-0.15, -0.1) is 0 Å². The molecule has 126 valence electrons. The van der Waals surface area contributed by atoms with Crippen LogP contribution >= 0.6 is 11.6 Å². The monoisotopic (exact) mass is 351 g/mol. The van der Waals surface area contributed by atoms with Crippen molar-refractivity contribution in [1.82, 2.24) is 9.78 Å². The summed E-state index contributed by atoms with van der Waals surface area (Å²) in [6.45, 7) is 6.28. The highest BCUT2D eigenvalue weighted by atomic mass is 35.5. The molecule has 25 heavy (non-hydrogen) atoms. The Labute approximate surface area is 151 Å². The largest absolute Gasteiger partial charge is 0.507 e. The van der Waals surface area contributed by atoms with Crippen molar-refractivity contribution < 1.29 is 5.11 Å². The summed E-state index contributed by atoms with van der Waals surface area (Å²) in [5.74, 6) is 0.0429. The van der Waals surface area contributed by atoms with Crippen molar-refractivity contribution in [1.29, 1.82) is 5.26 Å². The SMILES string of the molecule is CC(C)(C)n1ccc(-c2cccc(-c3cc(C#N)c(Cl)cc3O)c2)n1. The lowest BCUT2D eigenvalue weighted by molar-refractivity contribution is 0.356. The van der Waals surface area contributed by atoms with Gasteiger partial charge in [0.15, 0.2) is 0 Å². The number of nitriles is 1. The Bertz CT molecular complexity index is 977. The summed E-state index contributed by atoms with van der Waals surface area (Å²) in [6, 6.07) is 14.7. The molecule has 4 nitrogen and oxygen atoms in total. The number of aromatic hydroxyl groups is 1. The summed E-state index contributed by atoms with van der Waals surface area (Å²) >= 11 is 5.97. The van der Waals surface area contributed by atoms with Crippen LogP contribution in [-0.4, -0.2) is 14.9 Å². The van der Waals surface area contributed by atoms with E-state index in [1.807, 2.05) is 47.3 Å². The topological polar surface area (TPSA) is 61.8 Å². The Morgan fingerprint density at radius 2 is 1.84 bits per heavy atom. The molecule has 1 N–H and O–H groups in total. The van der Waals surface area contributed by atoms with Crippen LogP contribution in [-0.2, 0) is 5.54 Å². The first-order valence-electron chi connectivity index (χ1n) is 7.89. The van der Waals surface area contributed by atoms with Crippen molar-refractivity contribution >= 4 is 11.6 Å². The zero-order valence-corrected chi connectivity index (χ0v) is 15.0. The maximum Gasteiger partial charge on any atom is 0.124 e. The fourth-order valence-corrected chi connectivity index (χ4v) is 2.78. The highest BCUT2D eigenvalue weighted by Crippen LogP contribution is 2.35. The van der Waals surface area contributed by atoms with Crippen molar-refractivity contribution in [2.24, 2.45) is 0 Å². The van der Waals surface area contributed by atoms with Crippen LogP contribution in [0, 0.1) is 11.3 Å². The molecule has 0 aliphatic rings. The van der Waals surface area contributed by atoms with Crippen LogP contribution in [0.25, 0.3) is 22.4 Å². The zero-order chi connectivity index (χ0) is 18.2. The molecule has 0 saturated carbocycles. The predicted octanol–water partition coefficient (Wildman–Crippen LogP) is 5.20. The van der Waals surface area contributed by atoms with Gasteiger partial charge in [0.25, 0.3) is 0 Å². The van der Waals surface area contributed by atoms with Crippen LogP contribution < -0.4 is 0 Å². The van der Waals surface area contributed by atoms with Crippen LogP contribution in [0.3, 0.4) is 0 Å². The van der Waals surface area contributed by atoms with Gasteiger partial charge in [-0.2, -0.15) is 10.4 Å². The average molecular weight is 352 g/mol. The van der Waals surface area contributed by atoms with Crippen LogP contribution in [0.2, 0.25) is 5.02 Å². The Hall–Kier alpha value is -2.77. The summed E-state index contributed by atoms with van der Waals surface area (Å²) in [5, 5.41) is 24.3. The highest BCUT2D eigenvalue weighted by Gasteiger charge is 2.15. The number of rotatable bonds is 2. The van der Waals surface area contributed by atoms with Crippen molar-refractivity contribution in [2.75, 3.05) is 0 Å². The molecule has 1 aromatic heterocycles. The van der Waals surface area contributed by atoms with E-state index in [4.69, 9.17) is 16.9 Å². The fraction of sp³-hybridized carbons (Fsp3) is 0.200. The molecule has 5 heteroatoms. The van der Waals surface area contributed by atoms with Crippen LogP contribution in [0.4, 0.5) is 0 Å². The molecule has 0 amide bonds. The molecular weight excluding hydrogens is 334 g/mol. The number of aromatic nitrogens is 2. The van der Waals surface area contributed by atoms with Gasteiger partial charge in [0.1, 0.15) is 11.8 Å². The third-order valence-corrected chi connectivity index (χ3v) is 4.26. The van der Waals surface area contributed by atoms with Crippen molar-refractivity contribution in [3.63, 3.8) is 0 Å². The minimum absolute atomic E-state index is 0.0429. The van der Waals surface area contributed by atoms with Crippen molar-refractivity contribution in [3.05, 3.63) is 59.2 Å².